The molecule has 3 heterocycles. The van der Waals surface area contributed by atoms with E-state index in [1.807, 2.05) is 0 Å². The first-order valence-electron chi connectivity index (χ1n) is 10.2. The van der Waals surface area contributed by atoms with E-state index in [4.69, 9.17) is 25.4 Å². The first-order valence-corrected chi connectivity index (χ1v) is 10.2. The van der Waals surface area contributed by atoms with Gasteiger partial charge in [0.1, 0.15) is 6.10 Å². The fourth-order valence-electron chi connectivity index (χ4n) is 3.62. The van der Waals surface area contributed by atoms with Crippen LogP contribution in [0.3, 0.4) is 0 Å². The zero-order valence-corrected chi connectivity index (χ0v) is 16.8. The standard InChI is InChI=1S/C22H26N4O4/c23-18-5-8-25-21(30-17-6-11-28-12-7-17)19(18)20(24)15-1-3-16(4-2-15)22(27)26-9-13-29-14-10-26/h1-5,8,17,24H,6-7,9-14H2,(H2,23,25). The monoisotopic (exact) mass is 410 g/mol. The van der Waals surface area contributed by atoms with Gasteiger partial charge in [-0.2, -0.15) is 0 Å². The summed E-state index contributed by atoms with van der Waals surface area (Å²) in [6, 6.07) is 8.68. The van der Waals surface area contributed by atoms with E-state index in [2.05, 4.69) is 4.98 Å². The maximum absolute atomic E-state index is 12.6. The van der Waals surface area contributed by atoms with E-state index in [9.17, 15) is 4.79 Å². The van der Waals surface area contributed by atoms with Crippen LogP contribution in [0.1, 0.15) is 34.3 Å². The lowest BCUT2D eigenvalue weighted by Gasteiger charge is -2.27. The highest BCUT2D eigenvalue weighted by molar-refractivity contribution is 6.15. The molecule has 30 heavy (non-hydrogen) atoms. The van der Waals surface area contributed by atoms with Crippen molar-refractivity contribution in [3.05, 3.63) is 53.2 Å². The molecule has 0 saturated carbocycles. The summed E-state index contributed by atoms with van der Waals surface area (Å²) >= 11 is 0. The highest BCUT2D eigenvalue weighted by Gasteiger charge is 2.22. The summed E-state index contributed by atoms with van der Waals surface area (Å²) < 4.78 is 16.7. The van der Waals surface area contributed by atoms with Crippen LogP contribution < -0.4 is 10.5 Å². The molecule has 8 nitrogen and oxygen atoms in total. The number of pyridine rings is 1. The SMILES string of the molecule is N=C(c1ccc(C(=O)N2CCOCC2)cc1)c1c(N)ccnc1OC1CCOCC1. The van der Waals surface area contributed by atoms with Gasteiger partial charge in [-0.15, -0.1) is 0 Å². The number of ether oxygens (including phenoxy) is 3. The highest BCUT2D eigenvalue weighted by atomic mass is 16.5. The van der Waals surface area contributed by atoms with Crippen molar-refractivity contribution in [2.45, 2.75) is 18.9 Å². The van der Waals surface area contributed by atoms with Crippen molar-refractivity contribution in [1.29, 1.82) is 5.41 Å². The molecule has 0 radical (unpaired) electrons. The predicted molar refractivity (Wildman–Crippen MR) is 112 cm³/mol. The Morgan fingerprint density at radius 1 is 1.03 bits per heavy atom. The number of nitrogens with zero attached hydrogens (tertiary/aromatic N) is 2. The molecule has 0 spiro atoms. The molecular weight excluding hydrogens is 384 g/mol. The third-order valence-corrected chi connectivity index (χ3v) is 5.36. The van der Waals surface area contributed by atoms with Crippen molar-refractivity contribution in [2.75, 3.05) is 45.3 Å². The van der Waals surface area contributed by atoms with Crippen LogP contribution >= 0.6 is 0 Å². The number of benzene rings is 1. The summed E-state index contributed by atoms with van der Waals surface area (Å²) in [6.45, 7) is 3.61. The second-order valence-corrected chi connectivity index (χ2v) is 7.37. The van der Waals surface area contributed by atoms with Gasteiger partial charge in [-0.1, -0.05) is 12.1 Å². The Labute approximate surface area is 175 Å². The topological polar surface area (TPSA) is 111 Å². The van der Waals surface area contributed by atoms with E-state index < -0.39 is 0 Å². The van der Waals surface area contributed by atoms with Gasteiger partial charge in [0, 0.05) is 48.9 Å². The minimum absolute atomic E-state index is 0.00637. The van der Waals surface area contributed by atoms with Gasteiger partial charge in [0.2, 0.25) is 5.88 Å². The molecule has 1 aromatic heterocycles. The van der Waals surface area contributed by atoms with Crippen LogP contribution in [0.15, 0.2) is 36.5 Å². The van der Waals surface area contributed by atoms with Gasteiger partial charge in [0.15, 0.2) is 0 Å². The lowest BCUT2D eigenvalue weighted by Crippen LogP contribution is -2.40. The van der Waals surface area contributed by atoms with Crippen molar-refractivity contribution in [2.24, 2.45) is 0 Å². The third kappa shape index (κ3) is 4.44. The van der Waals surface area contributed by atoms with Crippen molar-refractivity contribution >= 4 is 17.3 Å². The van der Waals surface area contributed by atoms with Gasteiger partial charge in [0.05, 0.1) is 37.7 Å². The Morgan fingerprint density at radius 2 is 1.67 bits per heavy atom. The third-order valence-electron chi connectivity index (χ3n) is 5.36. The molecule has 8 heteroatoms. The number of nitrogen functional groups attached to an aromatic ring is 1. The van der Waals surface area contributed by atoms with Gasteiger partial charge in [0.25, 0.3) is 5.91 Å². The Hall–Kier alpha value is -2.97. The summed E-state index contributed by atoms with van der Waals surface area (Å²) in [5.74, 6) is 0.334. The van der Waals surface area contributed by atoms with E-state index in [-0.39, 0.29) is 17.7 Å². The van der Waals surface area contributed by atoms with E-state index in [0.717, 1.165) is 12.8 Å². The second kappa shape index (κ2) is 9.23. The van der Waals surface area contributed by atoms with Crippen LogP contribution in [0, 0.1) is 5.41 Å². The lowest BCUT2D eigenvalue weighted by molar-refractivity contribution is 0.0237. The zero-order valence-electron chi connectivity index (χ0n) is 16.8. The van der Waals surface area contributed by atoms with Crippen LogP contribution in [-0.4, -0.2) is 67.1 Å². The van der Waals surface area contributed by atoms with Crippen LogP contribution in [0.25, 0.3) is 0 Å². The Bertz CT molecular complexity index is 904. The van der Waals surface area contributed by atoms with E-state index in [1.165, 1.54) is 0 Å². The molecule has 0 atom stereocenters. The van der Waals surface area contributed by atoms with Gasteiger partial charge in [-0.3, -0.25) is 10.2 Å². The smallest absolute Gasteiger partial charge is 0.254 e. The first kappa shape index (κ1) is 20.3. The average molecular weight is 410 g/mol. The molecule has 0 unspecified atom stereocenters. The molecule has 0 bridgehead atoms. The predicted octanol–water partition coefficient (Wildman–Crippen LogP) is 2.11. The molecule has 1 amide bonds. The summed E-state index contributed by atoms with van der Waals surface area (Å²) in [5, 5.41) is 8.71. The fraction of sp³-hybridized carbons (Fsp3) is 0.409. The molecule has 2 saturated heterocycles. The largest absolute Gasteiger partial charge is 0.474 e. The summed E-state index contributed by atoms with van der Waals surface area (Å²) in [4.78, 5) is 18.7. The minimum atomic E-state index is -0.0270. The number of carbonyl (C=O) groups is 1. The maximum atomic E-state index is 12.6. The molecule has 2 aliphatic rings. The second-order valence-electron chi connectivity index (χ2n) is 7.37. The van der Waals surface area contributed by atoms with Crippen molar-refractivity contribution < 1.29 is 19.0 Å². The quantitative estimate of drug-likeness (QED) is 0.731. The maximum Gasteiger partial charge on any atom is 0.254 e. The van der Waals surface area contributed by atoms with E-state index >= 15 is 0 Å². The molecule has 1 aromatic carbocycles. The number of carbonyl (C=O) groups excluding carboxylic acids is 1. The van der Waals surface area contributed by atoms with Gasteiger partial charge >= 0.3 is 0 Å². The van der Waals surface area contributed by atoms with Crippen LogP contribution in [0.4, 0.5) is 5.69 Å². The van der Waals surface area contributed by atoms with Gasteiger partial charge in [-0.25, -0.2) is 4.98 Å². The summed E-state index contributed by atoms with van der Waals surface area (Å²) in [5.41, 5.74) is 8.54. The molecular formula is C22H26N4O4. The van der Waals surface area contributed by atoms with Gasteiger partial charge in [-0.05, 0) is 18.2 Å². The van der Waals surface area contributed by atoms with E-state index in [0.29, 0.717) is 67.8 Å². The van der Waals surface area contributed by atoms with Crippen molar-refractivity contribution in [1.82, 2.24) is 9.88 Å². The fourth-order valence-corrected chi connectivity index (χ4v) is 3.62. The Kier molecular flexibility index (Phi) is 6.25. The molecule has 2 fully saturated rings. The van der Waals surface area contributed by atoms with Gasteiger partial charge < -0.3 is 24.8 Å². The number of aromatic nitrogens is 1. The highest BCUT2D eigenvalue weighted by Crippen LogP contribution is 2.27. The van der Waals surface area contributed by atoms with Crippen molar-refractivity contribution in [3.8, 4) is 5.88 Å². The number of morpholine rings is 1. The van der Waals surface area contributed by atoms with E-state index in [1.54, 1.807) is 41.4 Å². The normalized spacial score (nSPS) is 17.5. The molecule has 2 aromatic rings. The Balaban J connectivity index is 1.53. The van der Waals surface area contributed by atoms with Crippen molar-refractivity contribution in [3.63, 3.8) is 0 Å². The molecule has 4 rings (SSSR count). The minimum Gasteiger partial charge on any atom is -0.474 e. The number of hydrogen-bond donors (Lipinski definition) is 2. The van der Waals surface area contributed by atoms with Crippen LogP contribution in [0.2, 0.25) is 0 Å². The molecule has 0 aliphatic carbocycles. The summed E-state index contributed by atoms with van der Waals surface area (Å²) in [7, 11) is 0. The zero-order chi connectivity index (χ0) is 20.9. The summed E-state index contributed by atoms with van der Waals surface area (Å²) in [6.07, 6.45) is 3.14. The number of rotatable bonds is 5. The first-order chi connectivity index (χ1) is 14.6. The number of nitrogens with two attached hydrogens (primary N) is 1. The molecule has 2 aliphatic heterocycles. The molecule has 158 valence electrons. The average Bonchev–Trinajstić information content (AvgIpc) is 2.80. The number of anilines is 1. The molecule has 3 N–H and O–H groups in total. The number of hydrogen-bond acceptors (Lipinski definition) is 7. The number of nitrogens with one attached hydrogen (secondary N) is 1. The Morgan fingerprint density at radius 3 is 2.37 bits per heavy atom. The lowest BCUT2D eigenvalue weighted by atomic mass is 10.00. The van der Waals surface area contributed by atoms with Crippen LogP contribution in [-0.2, 0) is 9.47 Å². The number of amides is 1. The van der Waals surface area contributed by atoms with Crippen LogP contribution in [0.5, 0.6) is 5.88 Å².